The summed E-state index contributed by atoms with van der Waals surface area (Å²) in [5, 5.41) is 11.1. The summed E-state index contributed by atoms with van der Waals surface area (Å²) in [5.41, 5.74) is -0.00356. The molecule has 0 aliphatic heterocycles. The molecule has 0 aromatic heterocycles. The lowest BCUT2D eigenvalue weighted by molar-refractivity contribution is -0.387. The van der Waals surface area contributed by atoms with E-state index in [1.54, 1.807) is 31.2 Å². The number of sulfonamides is 1. The van der Waals surface area contributed by atoms with Crippen molar-refractivity contribution in [1.82, 2.24) is 0 Å². The minimum atomic E-state index is -4.04. The van der Waals surface area contributed by atoms with E-state index in [1.807, 2.05) is 0 Å². The number of benzene rings is 2. The van der Waals surface area contributed by atoms with Crippen molar-refractivity contribution in [3.63, 3.8) is 0 Å². The molecule has 0 radical (unpaired) electrons. The Balaban J connectivity index is 2.63. The summed E-state index contributed by atoms with van der Waals surface area (Å²) in [7, 11) is -4.04. The van der Waals surface area contributed by atoms with Crippen LogP contribution in [0.4, 0.5) is 11.4 Å². The predicted molar refractivity (Wildman–Crippen MR) is 87.4 cm³/mol. The minimum Gasteiger partial charge on any atom is -0.265 e. The fraction of sp³-hybridized carbons (Fsp3) is 0.143. The van der Waals surface area contributed by atoms with Crippen LogP contribution in [0.15, 0.2) is 57.9 Å². The number of halogens is 1. The zero-order valence-electron chi connectivity index (χ0n) is 11.6. The molecule has 0 atom stereocenters. The molecule has 0 saturated heterocycles. The molecule has 6 nitrogen and oxygen atoms in total. The number of nitro groups is 1. The fourth-order valence-corrected chi connectivity index (χ4v) is 4.34. The van der Waals surface area contributed by atoms with E-state index < -0.39 is 20.6 Å². The number of hydrogen-bond donors (Lipinski definition) is 0. The van der Waals surface area contributed by atoms with Crippen molar-refractivity contribution >= 4 is 37.3 Å². The van der Waals surface area contributed by atoms with Gasteiger partial charge in [-0.2, -0.15) is 0 Å². The van der Waals surface area contributed by atoms with Crippen LogP contribution in [0.25, 0.3) is 0 Å². The molecule has 8 heteroatoms. The Morgan fingerprint density at radius 3 is 2.32 bits per heavy atom. The van der Waals surface area contributed by atoms with Gasteiger partial charge in [-0.3, -0.25) is 14.4 Å². The van der Waals surface area contributed by atoms with Crippen molar-refractivity contribution < 1.29 is 13.3 Å². The Morgan fingerprint density at radius 2 is 1.73 bits per heavy atom. The van der Waals surface area contributed by atoms with Gasteiger partial charge in [0.15, 0.2) is 4.90 Å². The van der Waals surface area contributed by atoms with Gasteiger partial charge in [0.25, 0.3) is 15.7 Å². The highest BCUT2D eigenvalue weighted by atomic mass is 79.9. The van der Waals surface area contributed by atoms with E-state index in [0.717, 1.165) is 4.31 Å². The molecule has 0 N–H and O–H groups in total. The van der Waals surface area contributed by atoms with Gasteiger partial charge in [0, 0.05) is 17.1 Å². The minimum absolute atomic E-state index is 0.150. The van der Waals surface area contributed by atoms with Gasteiger partial charge in [-0.05, 0) is 41.1 Å². The lowest BCUT2D eigenvalue weighted by Crippen LogP contribution is -2.31. The summed E-state index contributed by atoms with van der Waals surface area (Å²) in [5.74, 6) is 0. The number of para-hydroxylation sites is 2. The Bertz CT molecular complexity index is 808. The van der Waals surface area contributed by atoms with Crippen molar-refractivity contribution in [2.45, 2.75) is 11.8 Å². The third-order valence-corrected chi connectivity index (χ3v) is 5.65. The SMILES string of the molecule is CCN(c1ccccc1Br)S(=O)(=O)c1ccccc1[N+](=O)[O-]. The summed E-state index contributed by atoms with van der Waals surface area (Å²) in [6, 6.07) is 12.1. The van der Waals surface area contributed by atoms with Crippen LogP contribution in [0, 0.1) is 10.1 Å². The van der Waals surface area contributed by atoms with Gasteiger partial charge in [0.05, 0.1) is 10.6 Å². The molecular formula is C14H13BrN2O4S. The molecule has 0 unspecified atom stereocenters. The molecule has 0 heterocycles. The quantitative estimate of drug-likeness (QED) is 0.582. The second-order valence-electron chi connectivity index (χ2n) is 4.35. The normalized spacial score (nSPS) is 11.2. The maximum absolute atomic E-state index is 12.8. The molecule has 2 aromatic carbocycles. The van der Waals surface area contributed by atoms with Crippen LogP contribution in [-0.2, 0) is 10.0 Å². The van der Waals surface area contributed by atoms with Crippen molar-refractivity contribution in [1.29, 1.82) is 0 Å². The second-order valence-corrected chi connectivity index (χ2v) is 7.03. The molecule has 0 saturated carbocycles. The summed E-state index contributed by atoms with van der Waals surface area (Å²) >= 11 is 3.31. The van der Waals surface area contributed by atoms with Gasteiger partial charge in [-0.1, -0.05) is 24.3 Å². The predicted octanol–water partition coefficient (Wildman–Crippen LogP) is 3.57. The highest BCUT2D eigenvalue weighted by Crippen LogP contribution is 2.33. The van der Waals surface area contributed by atoms with Gasteiger partial charge in [-0.25, -0.2) is 8.42 Å². The summed E-state index contributed by atoms with van der Waals surface area (Å²) < 4.78 is 27.4. The van der Waals surface area contributed by atoms with E-state index in [-0.39, 0.29) is 11.4 Å². The van der Waals surface area contributed by atoms with Crippen LogP contribution in [0.5, 0.6) is 0 Å². The lowest BCUT2D eigenvalue weighted by atomic mass is 10.3. The molecule has 0 spiro atoms. The van der Waals surface area contributed by atoms with Crippen molar-refractivity contribution in [2.24, 2.45) is 0 Å². The summed E-state index contributed by atoms with van der Waals surface area (Å²) in [4.78, 5) is 10.1. The topological polar surface area (TPSA) is 80.5 Å². The second kappa shape index (κ2) is 6.45. The van der Waals surface area contributed by atoms with E-state index in [1.165, 1.54) is 24.3 Å². The molecule has 0 aliphatic rings. The van der Waals surface area contributed by atoms with Gasteiger partial charge >= 0.3 is 0 Å². The standard InChI is InChI=1S/C14H13BrN2O4S/c1-2-16(12-8-4-3-7-11(12)15)22(20,21)14-10-6-5-9-13(14)17(18)19/h3-10H,2H2,1H3. The fourth-order valence-electron chi connectivity index (χ4n) is 2.07. The number of nitrogens with zero attached hydrogens (tertiary/aromatic N) is 2. The first kappa shape index (κ1) is 16.4. The highest BCUT2D eigenvalue weighted by molar-refractivity contribution is 9.10. The molecule has 2 aromatic rings. The molecule has 2 rings (SSSR count). The maximum atomic E-state index is 12.8. The van der Waals surface area contributed by atoms with Crippen LogP contribution in [-0.4, -0.2) is 19.9 Å². The lowest BCUT2D eigenvalue weighted by Gasteiger charge is -2.23. The first-order chi connectivity index (χ1) is 10.4. The maximum Gasteiger partial charge on any atom is 0.289 e. The Kier molecular flexibility index (Phi) is 4.82. The average molecular weight is 385 g/mol. The zero-order valence-corrected chi connectivity index (χ0v) is 14.0. The van der Waals surface area contributed by atoms with E-state index in [9.17, 15) is 18.5 Å². The van der Waals surface area contributed by atoms with Gasteiger partial charge < -0.3 is 0 Å². The van der Waals surface area contributed by atoms with Gasteiger partial charge in [0.2, 0.25) is 0 Å². The summed E-state index contributed by atoms with van der Waals surface area (Å²) in [6.45, 7) is 1.82. The third kappa shape index (κ3) is 2.97. The van der Waals surface area contributed by atoms with E-state index in [2.05, 4.69) is 15.9 Å². The molecule has 0 aliphatic carbocycles. The monoisotopic (exact) mass is 384 g/mol. The van der Waals surface area contributed by atoms with Crippen molar-refractivity contribution in [2.75, 3.05) is 10.8 Å². The third-order valence-electron chi connectivity index (χ3n) is 3.04. The average Bonchev–Trinajstić information content (AvgIpc) is 2.49. The van der Waals surface area contributed by atoms with Crippen LogP contribution >= 0.6 is 15.9 Å². The molecule has 0 bridgehead atoms. The summed E-state index contributed by atoms with van der Waals surface area (Å²) in [6.07, 6.45) is 0. The van der Waals surface area contributed by atoms with E-state index in [4.69, 9.17) is 0 Å². The largest absolute Gasteiger partial charge is 0.289 e. The smallest absolute Gasteiger partial charge is 0.265 e. The van der Waals surface area contributed by atoms with Crippen molar-refractivity contribution in [3.05, 3.63) is 63.1 Å². The van der Waals surface area contributed by atoms with Gasteiger partial charge in [0.1, 0.15) is 0 Å². The number of rotatable bonds is 5. The Hall–Kier alpha value is -1.93. The molecule has 22 heavy (non-hydrogen) atoms. The van der Waals surface area contributed by atoms with Crippen LogP contribution in [0.2, 0.25) is 0 Å². The van der Waals surface area contributed by atoms with Gasteiger partial charge in [-0.15, -0.1) is 0 Å². The Morgan fingerprint density at radius 1 is 1.14 bits per heavy atom. The molecule has 116 valence electrons. The number of anilines is 1. The number of nitro benzene ring substituents is 1. The first-order valence-electron chi connectivity index (χ1n) is 6.40. The van der Waals surface area contributed by atoms with Crippen LogP contribution in [0.1, 0.15) is 6.92 Å². The zero-order chi connectivity index (χ0) is 16.3. The molecule has 0 fully saturated rings. The highest BCUT2D eigenvalue weighted by Gasteiger charge is 2.31. The Labute approximate surface area is 136 Å². The van der Waals surface area contributed by atoms with Crippen LogP contribution in [0.3, 0.4) is 0 Å². The molecular weight excluding hydrogens is 372 g/mol. The van der Waals surface area contributed by atoms with E-state index in [0.29, 0.717) is 10.2 Å². The number of hydrogen-bond acceptors (Lipinski definition) is 4. The van der Waals surface area contributed by atoms with Crippen LogP contribution < -0.4 is 4.31 Å². The van der Waals surface area contributed by atoms with Crippen molar-refractivity contribution in [3.8, 4) is 0 Å². The van der Waals surface area contributed by atoms with E-state index >= 15 is 0 Å². The first-order valence-corrected chi connectivity index (χ1v) is 8.63. The molecule has 0 amide bonds.